The molecule has 2 rings (SSSR count). The molecule has 1 heterocycles. The van der Waals surface area contributed by atoms with E-state index in [0.29, 0.717) is 6.54 Å². The van der Waals surface area contributed by atoms with Gasteiger partial charge in [0.2, 0.25) is 5.91 Å². The summed E-state index contributed by atoms with van der Waals surface area (Å²) in [5.74, 6) is 0.148. The van der Waals surface area contributed by atoms with Crippen LogP contribution in [0.15, 0.2) is 24.3 Å². The zero-order chi connectivity index (χ0) is 15.4. The van der Waals surface area contributed by atoms with Crippen molar-refractivity contribution in [2.45, 2.75) is 45.4 Å². The zero-order valence-corrected chi connectivity index (χ0v) is 13.2. The van der Waals surface area contributed by atoms with Gasteiger partial charge in [0.15, 0.2) is 0 Å². The van der Waals surface area contributed by atoms with Crippen LogP contribution >= 0.6 is 0 Å². The van der Waals surface area contributed by atoms with Gasteiger partial charge in [0.1, 0.15) is 0 Å². The lowest BCUT2D eigenvalue weighted by atomic mass is 10.1. The molecule has 4 nitrogen and oxygen atoms in total. The lowest BCUT2D eigenvalue weighted by molar-refractivity contribution is -0.136. The number of likely N-dealkylation sites (tertiary alicyclic amines) is 1. The second kappa shape index (κ2) is 7.05. The maximum absolute atomic E-state index is 12.6. The quantitative estimate of drug-likeness (QED) is 0.919. The van der Waals surface area contributed by atoms with Crippen molar-refractivity contribution in [3.63, 3.8) is 0 Å². The van der Waals surface area contributed by atoms with E-state index in [1.165, 1.54) is 11.1 Å². The predicted octanol–water partition coefficient (Wildman–Crippen LogP) is 1.80. The minimum atomic E-state index is -0.201. The van der Waals surface area contributed by atoms with Crippen LogP contribution in [0.3, 0.4) is 0 Å². The maximum atomic E-state index is 12.6. The lowest BCUT2D eigenvalue weighted by Gasteiger charge is -2.35. The molecule has 1 aromatic rings. The summed E-state index contributed by atoms with van der Waals surface area (Å²) in [5.41, 5.74) is 2.40. The number of piperidine rings is 1. The highest BCUT2D eigenvalue weighted by molar-refractivity contribution is 5.81. The Morgan fingerprint density at radius 1 is 1.38 bits per heavy atom. The summed E-state index contributed by atoms with van der Waals surface area (Å²) in [5, 5.41) is 9.56. The molecule has 1 N–H and O–H groups in total. The molecule has 21 heavy (non-hydrogen) atoms. The third-order valence-corrected chi connectivity index (χ3v) is 4.45. The van der Waals surface area contributed by atoms with E-state index in [-0.39, 0.29) is 18.1 Å². The number of aliphatic hydroxyl groups excluding tert-OH is 1. The smallest absolute Gasteiger partial charge is 0.239 e. The number of nitrogens with zero attached hydrogens (tertiary/aromatic N) is 2. The SMILES string of the molecule is Cc1ccccc1CN(C)C(=O)C(C)N1CCC(O)CC1. The molecule has 1 aromatic carbocycles. The van der Waals surface area contributed by atoms with Gasteiger partial charge < -0.3 is 10.0 Å². The topological polar surface area (TPSA) is 43.8 Å². The number of amides is 1. The maximum Gasteiger partial charge on any atom is 0.239 e. The van der Waals surface area contributed by atoms with Gasteiger partial charge in [0.05, 0.1) is 12.1 Å². The van der Waals surface area contributed by atoms with Crippen LogP contribution in [0.25, 0.3) is 0 Å². The fourth-order valence-corrected chi connectivity index (χ4v) is 2.87. The van der Waals surface area contributed by atoms with Gasteiger partial charge in [0, 0.05) is 26.7 Å². The van der Waals surface area contributed by atoms with Crippen LogP contribution in [0.5, 0.6) is 0 Å². The summed E-state index contributed by atoms with van der Waals surface area (Å²) in [6.45, 7) is 6.28. The minimum Gasteiger partial charge on any atom is -0.393 e. The summed E-state index contributed by atoms with van der Waals surface area (Å²) in [6, 6.07) is 8.05. The number of hydrogen-bond acceptors (Lipinski definition) is 3. The Kier molecular flexibility index (Phi) is 5.37. The number of rotatable bonds is 4. The average Bonchev–Trinajstić information content (AvgIpc) is 2.49. The van der Waals surface area contributed by atoms with E-state index in [1.54, 1.807) is 4.90 Å². The Hall–Kier alpha value is -1.39. The molecular formula is C17H26N2O2. The monoisotopic (exact) mass is 290 g/mol. The fourth-order valence-electron chi connectivity index (χ4n) is 2.87. The fraction of sp³-hybridized carbons (Fsp3) is 0.588. The van der Waals surface area contributed by atoms with Gasteiger partial charge in [-0.2, -0.15) is 0 Å². The van der Waals surface area contributed by atoms with Crippen molar-refractivity contribution < 1.29 is 9.90 Å². The highest BCUT2D eigenvalue weighted by Crippen LogP contribution is 2.16. The number of carbonyl (C=O) groups excluding carboxylic acids is 1. The van der Waals surface area contributed by atoms with Gasteiger partial charge in [-0.1, -0.05) is 24.3 Å². The molecule has 116 valence electrons. The molecule has 1 amide bonds. The second-order valence-corrected chi connectivity index (χ2v) is 6.06. The average molecular weight is 290 g/mol. The van der Waals surface area contributed by atoms with Crippen LogP contribution in [-0.4, -0.2) is 53.1 Å². The van der Waals surface area contributed by atoms with Crippen molar-refractivity contribution in [1.29, 1.82) is 0 Å². The number of hydrogen-bond donors (Lipinski definition) is 1. The Bertz CT molecular complexity index is 481. The van der Waals surface area contributed by atoms with Crippen molar-refractivity contribution >= 4 is 5.91 Å². The number of likely N-dealkylation sites (N-methyl/N-ethyl adjacent to an activating group) is 1. The molecule has 0 aromatic heterocycles. The van der Waals surface area contributed by atoms with Gasteiger partial charge in [-0.25, -0.2) is 0 Å². The van der Waals surface area contributed by atoms with Crippen LogP contribution in [0.4, 0.5) is 0 Å². The lowest BCUT2D eigenvalue weighted by Crippen LogP contribution is -2.49. The van der Waals surface area contributed by atoms with Crippen LogP contribution in [0, 0.1) is 6.92 Å². The van der Waals surface area contributed by atoms with Crippen molar-refractivity contribution in [3.8, 4) is 0 Å². The first-order valence-corrected chi connectivity index (χ1v) is 7.70. The van der Waals surface area contributed by atoms with Crippen LogP contribution in [-0.2, 0) is 11.3 Å². The van der Waals surface area contributed by atoms with Crippen LogP contribution in [0.1, 0.15) is 30.9 Å². The molecule has 1 unspecified atom stereocenters. The van der Waals surface area contributed by atoms with E-state index in [2.05, 4.69) is 24.0 Å². The molecule has 1 fully saturated rings. The minimum absolute atomic E-state index is 0.119. The highest BCUT2D eigenvalue weighted by atomic mass is 16.3. The van der Waals surface area contributed by atoms with Crippen molar-refractivity contribution in [2.75, 3.05) is 20.1 Å². The molecule has 4 heteroatoms. The predicted molar refractivity (Wildman–Crippen MR) is 83.9 cm³/mol. The largest absolute Gasteiger partial charge is 0.393 e. The van der Waals surface area contributed by atoms with E-state index in [1.807, 2.05) is 26.1 Å². The standard InChI is InChI=1S/C17H26N2O2/c1-13-6-4-5-7-15(13)12-18(3)17(21)14(2)19-10-8-16(20)9-11-19/h4-7,14,16,20H,8-12H2,1-3H3. The van der Waals surface area contributed by atoms with E-state index >= 15 is 0 Å². The molecule has 0 bridgehead atoms. The summed E-state index contributed by atoms with van der Waals surface area (Å²) in [4.78, 5) is 16.5. The van der Waals surface area contributed by atoms with Crippen molar-refractivity contribution in [2.24, 2.45) is 0 Å². The first-order chi connectivity index (χ1) is 9.99. The van der Waals surface area contributed by atoms with Crippen molar-refractivity contribution in [3.05, 3.63) is 35.4 Å². The third-order valence-electron chi connectivity index (χ3n) is 4.45. The molecule has 0 radical (unpaired) electrons. The number of aryl methyl sites for hydroxylation is 1. The first-order valence-electron chi connectivity index (χ1n) is 7.70. The molecule has 0 aliphatic carbocycles. The van der Waals surface area contributed by atoms with Crippen LogP contribution < -0.4 is 0 Å². The molecule has 1 aliphatic rings. The Balaban J connectivity index is 1.94. The molecule has 0 saturated carbocycles. The first kappa shape index (κ1) is 16.0. The Morgan fingerprint density at radius 2 is 2.00 bits per heavy atom. The van der Waals surface area contributed by atoms with Gasteiger partial charge in [-0.05, 0) is 37.8 Å². The number of benzene rings is 1. The number of aliphatic hydroxyl groups is 1. The van der Waals surface area contributed by atoms with Gasteiger partial charge >= 0.3 is 0 Å². The van der Waals surface area contributed by atoms with E-state index < -0.39 is 0 Å². The van der Waals surface area contributed by atoms with Gasteiger partial charge in [-0.15, -0.1) is 0 Å². The second-order valence-electron chi connectivity index (χ2n) is 6.06. The third kappa shape index (κ3) is 4.05. The van der Waals surface area contributed by atoms with Gasteiger partial charge in [0.25, 0.3) is 0 Å². The molecule has 1 aliphatic heterocycles. The summed E-state index contributed by atoms with van der Waals surface area (Å²) < 4.78 is 0. The molecule has 0 spiro atoms. The van der Waals surface area contributed by atoms with Crippen LogP contribution in [0.2, 0.25) is 0 Å². The summed E-state index contributed by atoms with van der Waals surface area (Å²) in [7, 11) is 1.87. The zero-order valence-electron chi connectivity index (χ0n) is 13.2. The normalized spacial score (nSPS) is 18.5. The van der Waals surface area contributed by atoms with Gasteiger partial charge in [-0.3, -0.25) is 9.69 Å². The van der Waals surface area contributed by atoms with E-state index in [9.17, 15) is 9.90 Å². The summed E-state index contributed by atoms with van der Waals surface area (Å²) in [6.07, 6.45) is 1.33. The van der Waals surface area contributed by atoms with E-state index in [0.717, 1.165) is 25.9 Å². The molecular weight excluding hydrogens is 264 g/mol. The number of carbonyl (C=O) groups is 1. The summed E-state index contributed by atoms with van der Waals surface area (Å²) >= 11 is 0. The van der Waals surface area contributed by atoms with Crippen molar-refractivity contribution in [1.82, 2.24) is 9.80 Å². The Labute approximate surface area is 127 Å². The Morgan fingerprint density at radius 3 is 2.62 bits per heavy atom. The van der Waals surface area contributed by atoms with E-state index in [4.69, 9.17) is 0 Å². The molecule has 1 atom stereocenters. The molecule has 1 saturated heterocycles. The highest BCUT2D eigenvalue weighted by Gasteiger charge is 2.27.